The van der Waals surface area contributed by atoms with Crippen LogP contribution in [0.1, 0.15) is 17.2 Å². The number of hydrogen-bond acceptors (Lipinski definition) is 6. The van der Waals surface area contributed by atoms with Crippen LogP contribution in [0, 0.1) is 11.3 Å². The van der Waals surface area contributed by atoms with Crippen LogP contribution in [-0.4, -0.2) is 36.1 Å². The largest absolute Gasteiger partial charge is 0.387 e. The van der Waals surface area contributed by atoms with Crippen molar-refractivity contribution in [2.75, 3.05) is 25.0 Å². The van der Waals surface area contributed by atoms with E-state index in [0.717, 1.165) is 5.56 Å². The minimum absolute atomic E-state index is 0.120. The van der Waals surface area contributed by atoms with Crippen LogP contribution in [0.25, 0.3) is 0 Å². The highest BCUT2D eigenvalue weighted by atomic mass is 32.1. The Bertz CT molecular complexity index is 649. The third-order valence-electron chi connectivity index (χ3n) is 3.07. The number of nitrogens with one attached hydrogen (secondary N) is 1. The van der Waals surface area contributed by atoms with E-state index in [1.807, 2.05) is 22.9 Å². The summed E-state index contributed by atoms with van der Waals surface area (Å²) >= 11 is 1.50. The molecule has 2 aromatic rings. The molecule has 0 fully saturated rings. The zero-order chi connectivity index (χ0) is 15.9. The van der Waals surface area contributed by atoms with Crippen molar-refractivity contribution in [3.8, 4) is 6.07 Å². The molecule has 114 valence electrons. The van der Waals surface area contributed by atoms with Gasteiger partial charge in [0, 0.05) is 19.8 Å². The molecule has 6 nitrogen and oxygen atoms in total. The van der Waals surface area contributed by atoms with Crippen LogP contribution in [0.4, 0.5) is 5.82 Å². The highest BCUT2D eigenvalue weighted by molar-refractivity contribution is 7.07. The number of aromatic nitrogens is 1. The molecule has 2 heterocycles. The molecule has 1 unspecified atom stereocenters. The van der Waals surface area contributed by atoms with Crippen LogP contribution >= 0.6 is 11.3 Å². The van der Waals surface area contributed by atoms with E-state index in [4.69, 9.17) is 5.26 Å². The summed E-state index contributed by atoms with van der Waals surface area (Å²) in [4.78, 5) is 17.7. The molecule has 0 spiro atoms. The maximum Gasteiger partial charge on any atom is 0.239 e. The molecule has 0 aliphatic rings. The van der Waals surface area contributed by atoms with Gasteiger partial charge in [-0.15, -0.1) is 0 Å². The van der Waals surface area contributed by atoms with E-state index in [0.29, 0.717) is 11.4 Å². The number of thiophene rings is 1. The molecule has 0 aliphatic heterocycles. The van der Waals surface area contributed by atoms with Gasteiger partial charge in [-0.3, -0.25) is 4.79 Å². The number of carbonyl (C=O) groups is 1. The van der Waals surface area contributed by atoms with E-state index in [1.165, 1.54) is 17.5 Å². The van der Waals surface area contributed by atoms with E-state index in [1.54, 1.807) is 24.1 Å². The summed E-state index contributed by atoms with van der Waals surface area (Å²) in [6.07, 6.45) is 0.762. The Hall–Kier alpha value is -2.43. The molecule has 0 aromatic carbocycles. The van der Waals surface area contributed by atoms with Gasteiger partial charge in [-0.05, 0) is 34.5 Å². The molecule has 0 bridgehead atoms. The van der Waals surface area contributed by atoms with Gasteiger partial charge in [0.25, 0.3) is 0 Å². The fraction of sp³-hybridized carbons (Fsp3) is 0.267. The van der Waals surface area contributed by atoms with Crippen molar-refractivity contribution in [2.45, 2.75) is 6.10 Å². The lowest BCUT2D eigenvalue weighted by molar-refractivity contribution is -0.120. The topological polar surface area (TPSA) is 89.3 Å². The summed E-state index contributed by atoms with van der Waals surface area (Å²) in [7, 11) is 1.74. The van der Waals surface area contributed by atoms with Gasteiger partial charge in [-0.1, -0.05) is 0 Å². The lowest BCUT2D eigenvalue weighted by atomic mass is 10.2. The maximum absolute atomic E-state index is 11.9. The number of aliphatic hydroxyl groups excluding tert-OH is 1. The van der Waals surface area contributed by atoms with Crippen LogP contribution in [-0.2, 0) is 4.79 Å². The number of aliphatic hydroxyl groups is 1. The number of rotatable bonds is 6. The quantitative estimate of drug-likeness (QED) is 0.838. The number of nitriles is 1. The summed E-state index contributed by atoms with van der Waals surface area (Å²) < 4.78 is 0. The van der Waals surface area contributed by atoms with Crippen LogP contribution in [0.3, 0.4) is 0 Å². The van der Waals surface area contributed by atoms with Crippen molar-refractivity contribution in [2.24, 2.45) is 0 Å². The first-order valence-electron chi connectivity index (χ1n) is 6.64. The van der Waals surface area contributed by atoms with Gasteiger partial charge < -0.3 is 15.3 Å². The Morgan fingerprint density at radius 2 is 2.36 bits per heavy atom. The monoisotopic (exact) mass is 316 g/mol. The second-order valence-corrected chi connectivity index (χ2v) is 5.53. The van der Waals surface area contributed by atoms with E-state index in [9.17, 15) is 9.90 Å². The molecule has 7 heteroatoms. The van der Waals surface area contributed by atoms with Crippen molar-refractivity contribution in [1.82, 2.24) is 10.3 Å². The number of nitrogens with zero attached hydrogens (tertiary/aromatic N) is 3. The number of likely N-dealkylation sites (N-methyl/N-ethyl adjacent to an activating group) is 1. The summed E-state index contributed by atoms with van der Waals surface area (Å²) in [6.45, 7) is 0.291. The van der Waals surface area contributed by atoms with Crippen LogP contribution in [0.2, 0.25) is 0 Å². The van der Waals surface area contributed by atoms with Crippen LogP contribution < -0.4 is 10.2 Å². The number of amides is 1. The first-order chi connectivity index (χ1) is 10.6. The Morgan fingerprint density at radius 1 is 1.55 bits per heavy atom. The van der Waals surface area contributed by atoms with Gasteiger partial charge in [0.2, 0.25) is 5.91 Å². The molecule has 1 atom stereocenters. The Balaban J connectivity index is 1.82. The molecule has 0 aliphatic carbocycles. The molecule has 0 saturated heterocycles. The highest BCUT2D eigenvalue weighted by Crippen LogP contribution is 2.15. The van der Waals surface area contributed by atoms with E-state index >= 15 is 0 Å². The van der Waals surface area contributed by atoms with Gasteiger partial charge >= 0.3 is 0 Å². The maximum atomic E-state index is 11.9. The molecule has 22 heavy (non-hydrogen) atoms. The smallest absolute Gasteiger partial charge is 0.239 e. The first kappa shape index (κ1) is 15.9. The zero-order valence-corrected chi connectivity index (χ0v) is 12.9. The summed E-state index contributed by atoms with van der Waals surface area (Å²) in [5.41, 5.74) is 1.27. The molecule has 0 radical (unpaired) electrons. The fourth-order valence-corrected chi connectivity index (χ4v) is 2.53. The van der Waals surface area contributed by atoms with Crippen molar-refractivity contribution < 1.29 is 9.90 Å². The van der Waals surface area contributed by atoms with E-state index in [-0.39, 0.29) is 19.0 Å². The second-order valence-electron chi connectivity index (χ2n) is 4.75. The summed E-state index contributed by atoms with van der Waals surface area (Å²) in [6, 6.07) is 7.16. The lowest BCUT2D eigenvalue weighted by Crippen LogP contribution is -2.37. The SMILES string of the molecule is CN(CC(=O)NCC(O)c1ccsc1)c1ccc(C#N)cn1. The predicted molar refractivity (Wildman–Crippen MR) is 84.5 cm³/mol. The third kappa shape index (κ3) is 4.28. The summed E-state index contributed by atoms with van der Waals surface area (Å²) in [5, 5.41) is 25.0. The highest BCUT2D eigenvalue weighted by Gasteiger charge is 2.12. The van der Waals surface area contributed by atoms with Crippen molar-refractivity contribution in [3.05, 3.63) is 46.3 Å². The standard InChI is InChI=1S/C15H16N4O2S/c1-19(14-3-2-11(6-16)7-17-14)9-15(21)18-8-13(20)12-4-5-22-10-12/h2-5,7,10,13,20H,8-9H2,1H3,(H,18,21). The minimum Gasteiger partial charge on any atom is -0.387 e. The average Bonchev–Trinajstić information content (AvgIpc) is 3.07. The van der Waals surface area contributed by atoms with E-state index in [2.05, 4.69) is 10.3 Å². The molecule has 2 N–H and O–H groups in total. The van der Waals surface area contributed by atoms with Crippen LogP contribution in [0.15, 0.2) is 35.2 Å². The number of carbonyl (C=O) groups excluding carboxylic acids is 1. The molecule has 0 saturated carbocycles. The van der Waals surface area contributed by atoms with Gasteiger partial charge in [-0.25, -0.2) is 4.98 Å². The number of anilines is 1. The Kier molecular flexibility index (Phi) is 5.47. The minimum atomic E-state index is -0.700. The van der Waals surface area contributed by atoms with Gasteiger partial charge in [0.1, 0.15) is 11.9 Å². The Labute approximate surface area is 132 Å². The molecular formula is C15H16N4O2S. The normalized spacial score (nSPS) is 11.5. The number of hydrogen-bond donors (Lipinski definition) is 2. The molecular weight excluding hydrogens is 300 g/mol. The lowest BCUT2D eigenvalue weighted by Gasteiger charge is -2.18. The van der Waals surface area contributed by atoms with Crippen LogP contribution in [0.5, 0.6) is 0 Å². The van der Waals surface area contributed by atoms with Gasteiger partial charge in [0.15, 0.2) is 0 Å². The Morgan fingerprint density at radius 3 is 2.95 bits per heavy atom. The molecule has 2 aromatic heterocycles. The van der Waals surface area contributed by atoms with Gasteiger partial charge in [-0.2, -0.15) is 16.6 Å². The first-order valence-corrected chi connectivity index (χ1v) is 7.58. The van der Waals surface area contributed by atoms with Crippen molar-refractivity contribution in [3.63, 3.8) is 0 Å². The predicted octanol–water partition coefficient (Wildman–Crippen LogP) is 1.30. The fourth-order valence-electron chi connectivity index (χ4n) is 1.82. The van der Waals surface area contributed by atoms with Crippen molar-refractivity contribution in [1.29, 1.82) is 5.26 Å². The molecule has 2 rings (SSSR count). The molecule has 1 amide bonds. The second kappa shape index (κ2) is 7.54. The third-order valence-corrected chi connectivity index (χ3v) is 3.77. The van der Waals surface area contributed by atoms with Crippen molar-refractivity contribution >= 4 is 23.1 Å². The average molecular weight is 316 g/mol. The zero-order valence-electron chi connectivity index (χ0n) is 12.1. The summed E-state index contributed by atoms with van der Waals surface area (Å²) in [5.74, 6) is 0.399. The number of pyridine rings is 1. The van der Waals surface area contributed by atoms with Gasteiger partial charge in [0.05, 0.1) is 18.2 Å². The van der Waals surface area contributed by atoms with E-state index < -0.39 is 6.10 Å².